The van der Waals surface area contributed by atoms with Gasteiger partial charge in [0, 0.05) is 17.3 Å². The van der Waals surface area contributed by atoms with Gasteiger partial charge in [0.05, 0.1) is 30.7 Å². The largest absolute Gasteiger partial charge is 0.493 e. The molecule has 1 saturated carbocycles. The Kier molecular flexibility index (Phi) is 5.48. The zero-order chi connectivity index (χ0) is 22.0. The van der Waals surface area contributed by atoms with E-state index in [9.17, 15) is 14.9 Å². The second kappa shape index (κ2) is 8.38. The minimum absolute atomic E-state index is 0.137. The minimum atomic E-state index is -0.644. The number of aromatic nitrogens is 4. The second-order valence-corrected chi connectivity index (χ2v) is 6.92. The van der Waals surface area contributed by atoms with Gasteiger partial charge in [-0.3, -0.25) is 14.9 Å². The van der Waals surface area contributed by atoms with Gasteiger partial charge in [-0.1, -0.05) is 12.1 Å². The van der Waals surface area contributed by atoms with Crippen molar-refractivity contribution in [2.75, 3.05) is 19.0 Å². The Bertz CT molecular complexity index is 1140. The van der Waals surface area contributed by atoms with E-state index >= 15 is 0 Å². The number of amides is 1. The van der Waals surface area contributed by atoms with Crippen LogP contribution < -0.4 is 14.8 Å². The summed E-state index contributed by atoms with van der Waals surface area (Å²) >= 11 is 0. The molecular weight excluding hydrogens is 404 g/mol. The monoisotopic (exact) mass is 424 g/mol. The predicted molar refractivity (Wildman–Crippen MR) is 110 cm³/mol. The van der Waals surface area contributed by atoms with Gasteiger partial charge in [-0.2, -0.15) is 0 Å². The van der Waals surface area contributed by atoms with E-state index in [4.69, 9.17) is 9.47 Å². The molecule has 4 rings (SSSR count). The zero-order valence-corrected chi connectivity index (χ0v) is 16.9. The van der Waals surface area contributed by atoms with Crippen LogP contribution in [0, 0.1) is 10.1 Å². The van der Waals surface area contributed by atoms with Gasteiger partial charge in [0.1, 0.15) is 5.56 Å². The number of rotatable bonds is 8. The van der Waals surface area contributed by atoms with Crippen molar-refractivity contribution in [3.05, 3.63) is 52.1 Å². The van der Waals surface area contributed by atoms with Crippen LogP contribution in [0.3, 0.4) is 0 Å². The van der Waals surface area contributed by atoms with Crippen molar-refractivity contribution in [2.45, 2.75) is 25.8 Å². The number of nitro benzene ring substituents is 1. The third-order valence-corrected chi connectivity index (χ3v) is 4.79. The molecule has 11 nitrogen and oxygen atoms in total. The Morgan fingerprint density at radius 1 is 1.29 bits per heavy atom. The molecule has 1 aliphatic carbocycles. The molecule has 11 heteroatoms. The first-order valence-electron chi connectivity index (χ1n) is 9.70. The lowest BCUT2D eigenvalue weighted by Crippen LogP contribution is -2.15. The molecule has 160 valence electrons. The fourth-order valence-electron chi connectivity index (χ4n) is 3.19. The van der Waals surface area contributed by atoms with E-state index < -0.39 is 10.8 Å². The predicted octanol–water partition coefficient (Wildman–Crippen LogP) is 3.24. The van der Waals surface area contributed by atoms with Crippen molar-refractivity contribution in [1.82, 2.24) is 20.2 Å². The lowest BCUT2D eigenvalue weighted by molar-refractivity contribution is -0.385. The summed E-state index contributed by atoms with van der Waals surface area (Å²) in [5.74, 6) is 0.388. The van der Waals surface area contributed by atoms with Crippen LogP contribution in [0.2, 0.25) is 0 Å². The van der Waals surface area contributed by atoms with Gasteiger partial charge in [-0.15, -0.1) is 5.10 Å². The van der Waals surface area contributed by atoms with E-state index in [1.54, 1.807) is 29.8 Å². The number of carbonyl (C=O) groups is 1. The number of hydrogen-bond donors (Lipinski definition) is 1. The van der Waals surface area contributed by atoms with Crippen molar-refractivity contribution in [3.8, 4) is 22.9 Å². The standard InChI is InChI=1S/C20H20N6O5/c1-3-31-18-10-15(16(26(28)29)11-17(18)30-2)20(27)21-13-6-4-5-12(9-13)19-22-23-24-25(19)14-7-8-14/h4-6,9-11,14H,3,7-8H2,1-2H3,(H,21,27). The number of ether oxygens (including phenoxy) is 2. The molecule has 0 saturated heterocycles. The molecule has 0 radical (unpaired) electrons. The number of nitro groups is 1. The number of anilines is 1. The fraction of sp³-hybridized carbons (Fsp3) is 0.300. The number of tetrazole rings is 1. The lowest BCUT2D eigenvalue weighted by atomic mass is 10.1. The van der Waals surface area contributed by atoms with Crippen LogP contribution in [0.4, 0.5) is 11.4 Å². The summed E-state index contributed by atoms with van der Waals surface area (Å²) in [6.07, 6.45) is 2.05. The molecule has 0 aliphatic heterocycles. The summed E-state index contributed by atoms with van der Waals surface area (Å²) in [7, 11) is 1.38. The van der Waals surface area contributed by atoms with E-state index in [1.807, 2.05) is 6.07 Å². The van der Waals surface area contributed by atoms with Gasteiger partial charge in [-0.25, -0.2) is 4.68 Å². The molecule has 31 heavy (non-hydrogen) atoms. The highest BCUT2D eigenvalue weighted by atomic mass is 16.6. The van der Waals surface area contributed by atoms with Crippen LogP contribution in [0.25, 0.3) is 11.4 Å². The maximum absolute atomic E-state index is 12.9. The summed E-state index contributed by atoms with van der Waals surface area (Å²) in [6.45, 7) is 2.08. The van der Waals surface area contributed by atoms with Gasteiger partial charge in [-0.05, 0) is 42.3 Å². The third kappa shape index (κ3) is 4.15. The molecule has 1 amide bonds. The van der Waals surface area contributed by atoms with E-state index in [-0.39, 0.29) is 22.7 Å². The molecule has 2 aromatic carbocycles. The molecular formula is C20H20N6O5. The Morgan fingerprint density at radius 3 is 2.77 bits per heavy atom. The molecule has 0 spiro atoms. The van der Waals surface area contributed by atoms with Crippen molar-refractivity contribution in [2.24, 2.45) is 0 Å². The van der Waals surface area contributed by atoms with Gasteiger partial charge in [0.25, 0.3) is 11.6 Å². The van der Waals surface area contributed by atoms with Crippen LogP contribution in [0.5, 0.6) is 11.5 Å². The topological polar surface area (TPSA) is 134 Å². The van der Waals surface area contributed by atoms with Crippen LogP contribution in [-0.4, -0.2) is 44.8 Å². The number of hydrogen-bond acceptors (Lipinski definition) is 8. The fourth-order valence-corrected chi connectivity index (χ4v) is 3.19. The molecule has 1 aromatic heterocycles. The Morgan fingerprint density at radius 2 is 2.10 bits per heavy atom. The van der Waals surface area contributed by atoms with Crippen LogP contribution in [0.1, 0.15) is 36.2 Å². The van der Waals surface area contributed by atoms with Crippen LogP contribution in [0.15, 0.2) is 36.4 Å². The van der Waals surface area contributed by atoms with Crippen LogP contribution in [-0.2, 0) is 0 Å². The Hall–Kier alpha value is -4.02. The van der Waals surface area contributed by atoms with Crippen molar-refractivity contribution >= 4 is 17.3 Å². The van der Waals surface area contributed by atoms with Crippen molar-refractivity contribution in [1.29, 1.82) is 0 Å². The Balaban J connectivity index is 1.64. The normalized spacial score (nSPS) is 13.0. The second-order valence-electron chi connectivity index (χ2n) is 6.92. The van der Waals surface area contributed by atoms with Gasteiger partial charge >= 0.3 is 0 Å². The number of carbonyl (C=O) groups excluding carboxylic acids is 1. The van der Waals surface area contributed by atoms with E-state index in [0.29, 0.717) is 24.2 Å². The first-order valence-corrected chi connectivity index (χ1v) is 9.70. The van der Waals surface area contributed by atoms with Crippen molar-refractivity contribution < 1.29 is 19.2 Å². The number of benzene rings is 2. The molecule has 1 fully saturated rings. The van der Waals surface area contributed by atoms with Gasteiger partial charge < -0.3 is 14.8 Å². The molecule has 0 unspecified atom stereocenters. The summed E-state index contributed by atoms with van der Waals surface area (Å²) in [5.41, 5.74) is 0.666. The highest BCUT2D eigenvalue weighted by molar-refractivity contribution is 6.07. The van der Waals surface area contributed by atoms with E-state index in [0.717, 1.165) is 18.4 Å². The molecule has 1 aliphatic rings. The first kappa shape index (κ1) is 20.3. The molecule has 3 aromatic rings. The molecule has 0 atom stereocenters. The van der Waals surface area contributed by atoms with Gasteiger partial charge in [0.2, 0.25) is 0 Å². The number of methoxy groups -OCH3 is 1. The lowest BCUT2D eigenvalue weighted by Gasteiger charge is -2.12. The summed E-state index contributed by atoms with van der Waals surface area (Å²) in [6, 6.07) is 9.79. The maximum Gasteiger partial charge on any atom is 0.286 e. The smallest absolute Gasteiger partial charge is 0.286 e. The van der Waals surface area contributed by atoms with E-state index in [1.165, 1.54) is 19.2 Å². The van der Waals surface area contributed by atoms with E-state index in [2.05, 4.69) is 20.8 Å². The SMILES string of the molecule is CCOc1cc(C(=O)Nc2cccc(-c3nnnn3C3CC3)c2)c([N+](=O)[O-])cc1OC. The number of nitrogens with zero attached hydrogens (tertiary/aromatic N) is 5. The number of nitrogens with one attached hydrogen (secondary N) is 1. The average Bonchev–Trinajstić information content (AvgIpc) is 3.49. The quantitative estimate of drug-likeness (QED) is 0.430. The highest BCUT2D eigenvalue weighted by Crippen LogP contribution is 2.37. The molecule has 1 N–H and O–H groups in total. The first-order chi connectivity index (χ1) is 15.0. The summed E-state index contributed by atoms with van der Waals surface area (Å²) in [5, 5.41) is 26.1. The zero-order valence-electron chi connectivity index (χ0n) is 16.9. The minimum Gasteiger partial charge on any atom is -0.493 e. The highest BCUT2D eigenvalue weighted by Gasteiger charge is 2.28. The third-order valence-electron chi connectivity index (χ3n) is 4.79. The van der Waals surface area contributed by atoms with Gasteiger partial charge in [0.15, 0.2) is 17.3 Å². The van der Waals surface area contributed by atoms with Crippen molar-refractivity contribution in [3.63, 3.8) is 0 Å². The molecule has 1 heterocycles. The van der Waals surface area contributed by atoms with Crippen LogP contribution >= 0.6 is 0 Å². The maximum atomic E-state index is 12.9. The summed E-state index contributed by atoms with van der Waals surface area (Å²) in [4.78, 5) is 23.8. The molecule has 0 bridgehead atoms. The Labute approximate surface area is 177 Å². The summed E-state index contributed by atoms with van der Waals surface area (Å²) < 4.78 is 12.4. The average molecular weight is 424 g/mol.